The summed E-state index contributed by atoms with van der Waals surface area (Å²) in [4.78, 5) is 26.7. The molecule has 10 nitrogen and oxygen atoms in total. The van der Waals surface area contributed by atoms with Crippen molar-refractivity contribution in [2.24, 2.45) is 0 Å². The van der Waals surface area contributed by atoms with Gasteiger partial charge in [-0.05, 0) is 32.3 Å². The Bertz CT molecular complexity index is 1320. The van der Waals surface area contributed by atoms with Gasteiger partial charge in [0.1, 0.15) is 5.52 Å². The highest BCUT2D eigenvalue weighted by Gasteiger charge is 2.25. The molecule has 3 heterocycles. The molecule has 1 aromatic carbocycles. The summed E-state index contributed by atoms with van der Waals surface area (Å²) in [5.74, 6) is 0.638. The van der Waals surface area contributed by atoms with Gasteiger partial charge in [-0.1, -0.05) is 42.5 Å². The van der Waals surface area contributed by atoms with E-state index in [1.54, 1.807) is 18.4 Å². The van der Waals surface area contributed by atoms with E-state index in [1.807, 2.05) is 53.6 Å². The molecule has 2 aromatic heterocycles. The summed E-state index contributed by atoms with van der Waals surface area (Å²) in [6.45, 7) is 5.20. The molecule has 3 N–H and O–H groups in total. The minimum atomic E-state index is -3.12. The number of allylic oxidation sites excluding steroid dienone is 2. The van der Waals surface area contributed by atoms with E-state index in [1.165, 1.54) is 0 Å². The average molecular weight is 499 g/mol. The predicted molar refractivity (Wildman–Crippen MR) is 137 cm³/mol. The summed E-state index contributed by atoms with van der Waals surface area (Å²) in [6.07, 6.45) is 7.60. The van der Waals surface area contributed by atoms with Gasteiger partial charge >= 0.3 is 13.3 Å². The maximum Gasteiger partial charge on any atom is 0.330 e. The minimum absolute atomic E-state index is 0.210. The monoisotopic (exact) mass is 498 g/mol. The smallest absolute Gasteiger partial charge is 0.330 e. The number of nitrogens with zero attached hydrogens (tertiary/aromatic N) is 4. The minimum Gasteiger partial charge on any atom is -0.382 e. The molecule has 0 radical (unpaired) electrons. The van der Waals surface area contributed by atoms with Gasteiger partial charge in [0, 0.05) is 12.7 Å². The quantitative estimate of drug-likeness (QED) is 0.380. The second-order valence-corrected chi connectivity index (χ2v) is 10.2. The fourth-order valence-corrected chi connectivity index (χ4v) is 5.70. The van der Waals surface area contributed by atoms with Crippen LogP contribution in [0.3, 0.4) is 0 Å². The van der Waals surface area contributed by atoms with E-state index >= 15 is 0 Å². The Labute approximate surface area is 204 Å². The second kappa shape index (κ2) is 11.0. The lowest BCUT2D eigenvalue weighted by Crippen LogP contribution is -2.22. The van der Waals surface area contributed by atoms with Crippen molar-refractivity contribution in [3.63, 3.8) is 0 Å². The van der Waals surface area contributed by atoms with Crippen LogP contribution in [-0.4, -0.2) is 50.3 Å². The number of H-pyrrole nitrogens is 1. The maximum atomic E-state index is 12.8. The number of nitrogens with two attached hydrogens (primary N) is 1. The number of aromatic amines is 1. The van der Waals surface area contributed by atoms with Crippen LogP contribution in [0.2, 0.25) is 0 Å². The zero-order valence-electron chi connectivity index (χ0n) is 20.0. The highest BCUT2D eigenvalue weighted by Crippen LogP contribution is 2.48. The zero-order valence-corrected chi connectivity index (χ0v) is 20.9. The van der Waals surface area contributed by atoms with E-state index in [4.69, 9.17) is 19.8 Å². The van der Waals surface area contributed by atoms with Crippen LogP contribution < -0.4 is 11.4 Å². The lowest BCUT2D eigenvalue weighted by Gasteiger charge is -2.26. The van der Waals surface area contributed by atoms with E-state index in [9.17, 15) is 9.36 Å². The van der Waals surface area contributed by atoms with Gasteiger partial charge in [0.15, 0.2) is 17.3 Å². The molecule has 0 saturated heterocycles. The van der Waals surface area contributed by atoms with Crippen LogP contribution in [0, 0.1) is 0 Å². The van der Waals surface area contributed by atoms with Gasteiger partial charge in [0.05, 0.1) is 31.6 Å². The molecule has 0 atom stereocenters. The third-order valence-corrected chi connectivity index (χ3v) is 7.76. The molecular weight excluding hydrogens is 467 g/mol. The number of hydrogen-bond acceptors (Lipinski definition) is 8. The first kappa shape index (κ1) is 24.9. The van der Waals surface area contributed by atoms with E-state index < -0.39 is 7.60 Å². The van der Waals surface area contributed by atoms with Crippen LogP contribution in [0.1, 0.15) is 38.1 Å². The second-order valence-electron chi connectivity index (χ2n) is 8.06. The van der Waals surface area contributed by atoms with E-state index in [0.29, 0.717) is 62.3 Å². The SMILES string of the molecule is CCOP(=O)(CCCN1C=CCC=C1c1nc(N)c2[nH]c(=O)n(Cc3ccccc3)c2n1)OCC. The standard InChI is InChI=1S/C24H31N6O4P/c1-3-33-35(32,34-4-2)16-10-15-29-14-9-8-13-19(29)22-27-21(25)20-23(28-22)30(24(31)26-20)17-18-11-6-5-7-12-18/h5-7,9,11-14H,3-4,8,10,15-17H2,1-2H3,(H,26,31)(H2,25,27,28). The first-order chi connectivity index (χ1) is 16.9. The third-order valence-electron chi connectivity index (χ3n) is 5.59. The molecule has 0 spiro atoms. The van der Waals surface area contributed by atoms with E-state index in [-0.39, 0.29) is 11.5 Å². The number of nitrogens with one attached hydrogen (secondary N) is 1. The Balaban J connectivity index is 1.59. The van der Waals surface area contributed by atoms with Gasteiger partial charge in [0.25, 0.3) is 0 Å². The number of nitrogen functional groups attached to an aromatic ring is 1. The molecular formula is C24H31N6O4P. The lowest BCUT2D eigenvalue weighted by molar-refractivity contribution is 0.219. The molecule has 35 heavy (non-hydrogen) atoms. The van der Waals surface area contributed by atoms with Crippen LogP contribution in [0.5, 0.6) is 0 Å². The molecule has 0 fully saturated rings. The van der Waals surface area contributed by atoms with Crippen molar-refractivity contribution >= 4 is 30.3 Å². The first-order valence-corrected chi connectivity index (χ1v) is 13.5. The summed E-state index contributed by atoms with van der Waals surface area (Å²) in [5, 5.41) is 0. The molecule has 0 saturated carbocycles. The van der Waals surface area contributed by atoms with Gasteiger partial charge in [-0.3, -0.25) is 9.13 Å². The van der Waals surface area contributed by atoms with Crippen LogP contribution in [0.4, 0.5) is 5.82 Å². The number of benzene rings is 1. The Morgan fingerprint density at radius 1 is 1.14 bits per heavy atom. The van der Waals surface area contributed by atoms with Crippen LogP contribution in [-0.2, 0) is 20.2 Å². The highest BCUT2D eigenvalue weighted by atomic mass is 31.2. The molecule has 1 aliphatic heterocycles. The number of anilines is 1. The van der Waals surface area contributed by atoms with Crippen molar-refractivity contribution in [1.29, 1.82) is 0 Å². The van der Waals surface area contributed by atoms with E-state index in [2.05, 4.69) is 9.97 Å². The van der Waals surface area contributed by atoms with Crippen molar-refractivity contribution < 1.29 is 13.6 Å². The van der Waals surface area contributed by atoms with E-state index in [0.717, 1.165) is 11.3 Å². The van der Waals surface area contributed by atoms with Crippen LogP contribution in [0.25, 0.3) is 16.9 Å². The molecule has 0 aliphatic carbocycles. The zero-order chi connectivity index (χ0) is 24.8. The molecule has 0 unspecified atom stereocenters. The summed E-state index contributed by atoms with van der Waals surface area (Å²) in [6, 6.07) is 9.69. The van der Waals surface area contributed by atoms with Gasteiger partial charge in [0.2, 0.25) is 0 Å². The normalized spacial score (nSPS) is 14.0. The number of rotatable bonds is 11. The molecule has 0 amide bonds. The molecule has 4 rings (SSSR count). The lowest BCUT2D eigenvalue weighted by atomic mass is 10.2. The van der Waals surface area contributed by atoms with Crippen molar-refractivity contribution in [2.75, 3.05) is 31.7 Å². The predicted octanol–water partition coefficient (Wildman–Crippen LogP) is 3.97. The van der Waals surface area contributed by atoms with Crippen LogP contribution >= 0.6 is 7.60 Å². The number of fused-ring (bicyclic) bond motifs is 1. The van der Waals surface area contributed by atoms with Crippen LogP contribution in [0.15, 0.2) is 53.5 Å². The number of imidazole rings is 1. The third kappa shape index (κ3) is 5.73. The van der Waals surface area contributed by atoms with Crippen molar-refractivity contribution in [2.45, 2.75) is 33.2 Å². The van der Waals surface area contributed by atoms with Gasteiger partial charge in [-0.15, -0.1) is 0 Å². The fourth-order valence-electron chi connectivity index (χ4n) is 4.05. The van der Waals surface area contributed by atoms with Gasteiger partial charge < -0.3 is 24.7 Å². The van der Waals surface area contributed by atoms with Crippen molar-refractivity contribution in [1.82, 2.24) is 24.4 Å². The topological polar surface area (TPSA) is 128 Å². The summed E-state index contributed by atoms with van der Waals surface area (Å²) >= 11 is 0. The Morgan fingerprint density at radius 3 is 2.60 bits per heavy atom. The maximum absolute atomic E-state index is 12.8. The molecule has 186 valence electrons. The van der Waals surface area contributed by atoms with Crippen molar-refractivity contribution in [3.8, 4) is 0 Å². The number of aromatic nitrogens is 4. The molecule has 0 bridgehead atoms. The average Bonchev–Trinajstić information content (AvgIpc) is 3.16. The molecule has 3 aromatic rings. The Morgan fingerprint density at radius 2 is 1.89 bits per heavy atom. The van der Waals surface area contributed by atoms with Crippen molar-refractivity contribution in [3.05, 3.63) is 70.6 Å². The Hall–Kier alpha value is -3.20. The molecule has 1 aliphatic rings. The number of hydrogen-bond donors (Lipinski definition) is 2. The Kier molecular flexibility index (Phi) is 7.85. The van der Waals surface area contributed by atoms with Gasteiger partial charge in [-0.25, -0.2) is 14.8 Å². The summed E-state index contributed by atoms with van der Waals surface area (Å²) in [5.41, 5.74) is 8.58. The highest BCUT2D eigenvalue weighted by molar-refractivity contribution is 7.53. The largest absolute Gasteiger partial charge is 0.382 e. The summed E-state index contributed by atoms with van der Waals surface area (Å²) < 4.78 is 25.2. The fraction of sp³-hybridized carbons (Fsp3) is 0.375. The first-order valence-electron chi connectivity index (χ1n) is 11.8. The molecule has 11 heteroatoms. The summed E-state index contributed by atoms with van der Waals surface area (Å²) in [7, 11) is -3.12. The van der Waals surface area contributed by atoms with Gasteiger partial charge in [-0.2, -0.15) is 0 Å².